The number of hydrogen-bond acceptors (Lipinski definition) is 2. The van der Waals surface area contributed by atoms with Crippen LogP contribution in [0.2, 0.25) is 5.02 Å². The smallest absolute Gasteiger partial charge is 0.336 e. The topological polar surface area (TPSA) is 37.3 Å². The monoisotopic (exact) mass is 434 g/mol. The van der Waals surface area contributed by atoms with Gasteiger partial charge in [-0.25, -0.2) is 4.79 Å². The van der Waals surface area contributed by atoms with Gasteiger partial charge in [0.15, 0.2) is 0 Å². The molecule has 6 heteroatoms. The van der Waals surface area contributed by atoms with E-state index in [1.54, 1.807) is 18.2 Å². The molecule has 0 unspecified atom stereocenters. The van der Waals surface area contributed by atoms with Crippen LogP contribution >= 0.6 is 55.2 Å². The van der Waals surface area contributed by atoms with Crippen LogP contribution in [0, 0.1) is 0 Å². The van der Waals surface area contributed by atoms with Gasteiger partial charge in [0.1, 0.15) is 0 Å². The summed E-state index contributed by atoms with van der Waals surface area (Å²) in [5.41, 5.74) is 1.27. The van der Waals surface area contributed by atoms with Crippen molar-refractivity contribution in [3.05, 3.63) is 61.5 Å². The maximum atomic E-state index is 11.2. The van der Waals surface area contributed by atoms with Crippen LogP contribution in [0.15, 0.2) is 50.2 Å². The van der Waals surface area contributed by atoms with Crippen LogP contribution in [0.25, 0.3) is 0 Å². The number of aromatic carboxylic acids is 1. The first kappa shape index (κ1) is 15.9. The number of carboxylic acids is 1. The van der Waals surface area contributed by atoms with Gasteiger partial charge < -0.3 is 5.11 Å². The van der Waals surface area contributed by atoms with E-state index < -0.39 is 5.97 Å². The van der Waals surface area contributed by atoms with Crippen molar-refractivity contribution < 1.29 is 9.90 Å². The fraction of sp³-hybridized carbons (Fsp3) is 0.0714. The van der Waals surface area contributed by atoms with E-state index >= 15 is 0 Å². The van der Waals surface area contributed by atoms with Gasteiger partial charge in [-0.2, -0.15) is 0 Å². The molecule has 2 aromatic carbocycles. The van der Waals surface area contributed by atoms with Crippen molar-refractivity contribution in [3.63, 3.8) is 0 Å². The predicted octanol–water partition coefficient (Wildman–Crippen LogP) is 5.86. The molecule has 2 rings (SSSR count). The highest BCUT2D eigenvalue weighted by molar-refractivity contribution is 9.10. The molecule has 0 aliphatic heterocycles. The maximum absolute atomic E-state index is 11.2. The molecule has 0 radical (unpaired) electrons. The number of hydrogen-bond donors (Lipinski definition) is 1. The minimum absolute atomic E-state index is 0.298. The van der Waals surface area contributed by atoms with Crippen LogP contribution in [0.5, 0.6) is 0 Å². The van der Waals surface area contributed by atoms with Crippen molar-refractivity contribution >= 4 is 61.2 Å². The lowest BCUT2D eigenvalue weighted by Crippen LogP contribution is -1.98. The van der Waals surface area contributed by atoms with Crippen LogP contribution < -0.4 is 0 Å². The second-order valence-corrected chi connectivity index (χ2v) is 7.23. The highest BCUT2D eigenvalue weighted by atomic mass is 79.9. The molecule has 0 atom stereocenters. The fourth-order valence-electron chi connectivity index (χ4n) is 1.59. The second-order valence-electron chi connectivity index (χ2n) is 3.97. The summed E-state index contributed by atoms with van der Waals surface area (Å²) in [5, 5.41) is 9.85. The Morgan fingerprint density at radius 2 is 1.80 bits per heavy atom. The van der Waals surface area contributed by atoms with Crippen molar-refractivity contribution in [2.75, 3.05) is 0 Å². The molecule has 2 aromatic rings. The molecule has 2 nitrogen and oxygen atoms in total. The number of halogens is 3. The fourth-order valence-corrected chi connectivity index (χ4v) is 4.00. The van der Waals surface area contributed by atoms with Crippen LogP contribution in [-0.2, 0) is 5.75 Å². The van der Waals surface area contributed by atoms with Crippen molar-refractivity contribution in [3.8, 4) is 0 Å². The van der Waals surface area contributed by atoms with Gasteiger partial charge in [0, 0.05) is 24.6 Å². The van der Waals surface area contributed by atoms with E-state index in [0.717, 1.165) is 14.5 Å². The Bertz CT molecular complexity index is 662. The summed E-state index contributed by atoms with van der Waals surface area (Å²) in [6, 6.07) is 10.8. The maximum Gasteiger partial charge on any atom is 0.336 e. The number of carboxylic acid groups (broad SMARTS) is 1. The number of benzene rings is 2. The average Bonchev–Trinajstić information content (AvgIpc) is 2.37. The molecule has 0 fully saturated rings. The summed E-state index contributed by atoms with van der Waals surface area (Å²) >= 11 is 14.3. The lowest BCUT2D eigenvalue weighted by Gasteiger charge is -2.08. The van der Waals surface area contributed by atoms with Gasteiger partial charge in [-0.05, 0) is 35.9 Å². The van der Waals surface area contributed by atoms with E-state index in [0.29, 0.717) is 21.2 Å². The molecule has 0 spiro atoms. The molecular weight excluding hydrogens is 427 g/mol. The Labute approximate surface area is 142 Å². The number of rotatable bonds is 4. The quantitative estimate of drug-likeness (QED) is 0.611. The third-order valence-corrected chi connectivity index (χ3v) is 5.01. The van der Waals surface area contributed by atoms with E-state index in [1.165, 1.54) is 11.8 Å². The highest BCUT2D eigenvalue weighted by Crippen LogP contribution is 2.32. The molecule has 20 heavy (non-hydrogen) atoms. The zero-order valence-corrected chi connectivity index (χ0v) is 14.8. The van der Waals surface area contributed by atoms with Crippen LogP contribution in [0.4, 0.5) is 0 Å². The normalized spacial score (nSPS) is 10.6. The van der Waals surface area contributed by atoms with Crippen molar-refractivity contribution in [1.29, 1.82) is 0 Å². The third kappa shape index (κ3) is 4.01. The van der Waals surface area contributed by atoms with E-state index in [9.17, 15) is 9.90 Å². The zero-order valence-electron chi connectivity index (χ0n) is 10.1. The molecular formula is C14H9Br2ClO2S. The van der Waals surface area contributed by atoms with Crippen LogP contribution in [-0.4, -0.2) is 11.1 Å². The first-order valence-electron chi connectivity index (χ1n) is 5.57. The summed E-state index contributed by atoms with van der Waals surface area (Å²) in [5.74, 6) is -0.315. The summed E-state index contributed by atoms with van der Waals surface area (Å²) in [4.78, 5) is 11.9. The highest BCUT2D eigenvalue weighted by Gasteiger charge is 2.12. The standard InChI is InChI=1S/C14H9Br2ClO2S/c15-9-2-1-8(12(17)5-9)7-20-13-6-10(16)3-4-11(13)14(18)19/h1-6H,7H2,(H,18,19). The first-order valence-corrected chi connectivity index (χ1v) is 8.52. The Kier molecular flexibility index (Phi) is 5.55. The lowest BCUT2D eigenvalue weighted by atomic mass is 10.2. The van der Waals surface area contributed by atoms with Gasteiger partial charge in [-0.15, -0.1) is 11.8 Å². The summed E-state index contributed by atoms with van der Waals surface area (Å²) in [7, 11) is 0. The number of carbonyl (C=O) groups is 1. The average molecular weight is 437 g/mol. The third-order valence-electron chi connectivity index (χ3n) is 2.57. The molecule has 0 aromatic heterocycles. The molecule has 0 aliphatic rings. The molecule has 0 bridgehead atoms. The summed E-state index contributed by atoms with van der Waals surface area (Å²) < 4.78 is 1.77. The van der Waals surface area contributed by atoms with E-state index in [2.05, 4.69) is 31.9 Å². The molecule has 104 valence electrons. The minimum atomic E-state index is -0.929. The van der Waals surface area contributed by atoms with E-state index in [1.807, 2.05) is 18.2 Å². The Balaban J connectivity index is 2.22. The first-order chi connectivity index (χ1) is 9.47. The van der Waals surface area contributed by atoms with Gasteiger partial charge in [0.25, 0.3) is 0 Å². The SMILES string of the molecule is O=C(O)c1ccc(Br)cc1SCc1ccc(Br)cc1Cl. The van der Waals surface area contributed by atoms with Crippen molar-refractivity contribution in [2.24, 2.45) is 0 Å². The molecule has 1 N–H and O–H groups in total. The van der Waals surface area contributed by atoms with Crippen LogP contribution in [0.3, 0.4) is 0 Å². The van der Waals surface area contributed by atoms with E-state index in [4.69, 9.17) is 11.6 Å². The van der Waals surface area contributed by atoms with Crippen molar-refractivity contribution in [1.82, 2.24) is 0 Å². The molecule has 0 amide bonds. The largest absolute Gasteiger partial charge is 0.478 e. The van der Waals surface area contributed by atoms with Gasteiger partial charge in [-0.3, -0.25) is 0 Å². The van der Waals surface area contributed by atoms with Gasteiger partial charge in [0.2, 0.25) is 0 Å². The molecule has 0 heterocycles. The zero-order chi connectivity index (χ0) is 14.7. The molecule has 0 aliphatic carbocycles. The summed E-state index contributed by atoms with van der Waals surface area (Å²) in [6.07, 6.45) is 0. The summed E-state index contributed by atoms with van der Waals surface area (Å²) in [6.45, 7) is 0. The second kappa shape index (κ2) is 6.98. The van der Waals surface area contributed by atoms with Gasteiger partial charge >= 0.3 is 5.97 Å². The predicted molar refractivity (Wildman–Crippen MR) is 89.8 cm³/mol. The Hall–Kier alpha value is -0.490. The Morgan fingerprint density at radius 1 is 1.15 bits per heavy atom. The molecule has 0 saturated carbocycles. The van der Waals surface area contributed by atoms with Gasteiger partial charge in [0.05, 0.1) is 5.56 Å². The Morgan fingerprint density at radius 3 is 2.45 bits per heavy atom. The van der Waals surface area contributed by atoms with E-state index in [-0.39, 0.29) is 0 Å². The van der Waals surface area contributed by atoms with Crippen LogP contribution in [0.1, 0.15) is 15.9 Å². The number of thioether (sulfide) groups is 1. The molecule has 0 saturated heterocycles. The van der Waals surface area contributed by atoms with Crippen molar-refractivity contribution in [2.45, 2.75) is 10.6 Å². The lowest BCUT2D eigenvalue weighted by molar-refractivity contribution is 0.0693. The minimum Gasteiger partial charge on any atom is -0.478 e. The van der Waals surface area contributed by atoms with Gasteiger partial charge in [-0.1, -0.05) is 49.5 Å².